The zero-order valence-corrected chi connectivity index (χ0v) is 16.2. The Balaban J connectivity index is 1.50. The van der Waals surface area contributed by atoms with Gasteiger partial charge in [-0.2, -0.15) is 0 Å². The molecule has 2 saturated heterocycles. The fourth-order valence-electron chi connectivity index (χ4n) is 4.43. The standard InChI is InChI=1S/C17H23N5OS2/c1-20(2)10-17-11-21(8-15-18-3-4-24-15)6-14(17)7-22(12-17)16(23)13-5-19-25-9-13/h3-5,9,14H,6-8,10-12H2,1-2H3. The lowest BCUT2D eigenvalue weighted by Gasteiger charge is -2.32. The van der Waals surface area contributed by atoms with Crippen molar-refractivity contribution >= 4 is 28.8 Å². The molecule has 0 spiro atoms. The molecule has 134 valence electrons. The molecule has 2 aromatic rings. The number of hydrogen-bond acceptors (Lipinski definition) is 7. The number of rotatable bonds is 5. The van der Waals surface area contributed by atoms with Crippen LogP contribution in [0.25, 0.3) is 0 Å². The quantitative estimate of drug-likeness (QED) is 0.794. The zero-order chi connectivity index (χ0) is 17.4. The molecule has 1 amide bonds. The summed E-state index contributed by atoms with van der Waals surface area (Å²) in [5.74, 6) is 0.651. The van der Waals surface area contributed by atoms with Gasteiger partial charge in [-0.25, -0.2) is 9.36 Å². The predicted octanol–water partition coefficient (Wildman–Crippen LogP) is 1.74. The van der Waals surface area contributed by atoms with E-state index >= 15 is 0 Å². The number of carbonyl (C=O) groups excluding carboxylic acids is 1. The van der Waals surface area contributed by atoms with Gasteiger partial charge >= 0.3 is 0 Å². The van der Waals surface area contributed by atoms with Crippen LogP contribution in [0.15, 0.2) is 23.2 Å². The Morgan fingerprint density at radius 2 is 2.28 bits per heavy atom. The molecule has 0 bridgehead atoms. The average molecular weight is 378 g/mol. The summed E-state index contributed by atoms with van der Waals surface area (Å²) in [5.41, 5.74) is 0.879. The molecule has 8 heteroatoms. The van der Waals surface area contributed by atoms with Crippen LogP contribution in [0.5, 0.6) is 0 Å². The zero-order valence-electron chi connectivity index (χ0n) is 14.6. The Hall–Kier alpha value is -1.35. The maximum absolute atomic E-state index is 12.8. The second-order valence-electron chi connectivity index (χ2n) is 7.49. The van der Waals surface area contributed by atoms with Crippen molar-refractivity contribution in [3.05, 3.63) is 33.7 Å². The average Bonchev–Trinajstić information content (AvgIpc) is 3.29. The van der Waals surface area contributed by atoms with Gasteiger partial charge in [-0.05, 0) is 31.5 Å². The van der Waals surface area contributed by atoms with Gasteiger partial charge in [0.1, 0.15) is 5.01 Å². The van der Waals surface area contributed by atoms with Crippen LogP contribution in [0.2, 0.25) is 0 Å². The first kappa shape index (κ1) is 17.1. The number of nitrogens with zero attached hydrogens (tertiary/aromatic N) is 5. The summed E-state index contributed by atoms with van der Waals surface area (Å²) in [6.07, 6.45) is 3.57. The molecule has 0 aromatic carbocycles. The van der Waals surface area contributed by atoms with Crippen molar-refractivity contribution in [3.8, 4) is 0 Å². The summed E-state index contributed by atoms with van der Waals surface area (Å²) in [4.78, 5) is 24.0. The van der Waals surface area contributed by atoms with Crippen LogP contribution in [0.3, 0.4) is 0 Å². The Bertz CT molecular complexity index is 717. The number of amides is 1. The summed E-state index contributed by atoms with van der Waals surface area (Å²) in [5, 5.41) is 5.07. The van der Waals surface area contributed by atoms with Gasteiger partial charge in [0.25, 0.3) is 5.91 Å². The normalized spacial score (nSPS) is 26.5. The molecule has 2 atom stereocenters. The van der Waals surface area contributed by atoms with Gasteiger partial charge in [0.15, 0.2) is 0 Å². The molecule has 2 fully saturated rings. The molecule has 25 heavy (non-hydrogen) atoms. The minimum Gasteiger partial charge on any atom is -0.338 e. The first-order valence-electron chi connectivity index (χ1n) is 8.50. The molecule has 4 rings (SSSR count). The van der Waals surface area contributed by atoms with Gasteiger partial charge < -0.3 is 9.80 Å². The lowest BCUT2D eigenvalue weighted by atomic mass is 9.80. The fourth-order valence-corrected chi connectivity index (χ4v) is 5.60. The number of carbonyl (C=O) groups is 1. The number of fused-ring (bicyclic) bond motifs is 1. The summed E-state index contributed by atoms with van der Waals surface area (Å²) < 4.78 is 4.08. The summed E-state index contributed by atoms with van der Waals surface area (Å²) in [7, 11) is 4.26. The van der Waals surface area contributed by atoms with Crippen LogP contribution >= 0.6 is 22.9 Å². The van der Waals surface area contributed by atoms with Crippen LogP contribution in [0, 0.1) is 11.3 Å². The first-order valence-corrected chi connectivity index (χ1v) is 10.2. The largest absolute Gasteiger partial charge is 0.338 e. The van der Waals surface area contributed by atoms with E-state index in [0.29, 0.717) is 5.92 Å². The Morgan fingerprint density at radius 3 is 2.96 bits per heavy atom. The maximum Gasteiger partial charge on any atom is 0.256 e. The van der Waals surface area contributed by atoms with Crippen molar-refractivity contribution in [1.29, 1.82) is 0 Å². The van der Waals surface area contributed by atoms with Crippen LogP contribution < -0.4 is 0 Å². The van der Waals surface area contributed by atoms with Gasteiger partial charge in [0.05, 0.1) is 18.3 Å². The topological polar surface area (TPSA) is 52.6 Å². The minimum absolute atomic E-state index is 0.132. The third kappa shape index (κ3) is 3.36. The Kier molecular flexibility index (Phi) is 4.61. The number of thiazole rings is 1. The highest BCUT2D eigenvalue weighted by molar-refractivity contribution is 7.09. The van der Waals surface area contributed by atoms with Crippen LogP contribution in [-0.2, 0) is 6.54 Å². The molecular weight excluding hydrogens is 354 g/mol. The highest BCUT2D eigenvalue weighted by atomic mass is 32.1. The van der Waals surface area contributed by atoms with E-state index in [1.165, 1.54) is 16.5 Å². The Labute approximate surface area is 156 Å². The second kappa shape index (κ2) is 6.75. The van der Waals surface area contributed by atoms with E-state index in [1.807, 2.05) is 21.9 Å². The fraction of sp³-hybridized carbons (Fsp3) is 0.588. The van der Waals surface area contributed by atoms with Gasteiger partial charge in [-0.3, -0.25) is 9.69 Å². The third-order valence-corrected chi connectivity index (χ3v) is 6.62. The van der Waals surface area contributed by atoms with Crippen LogP contribution in [0.4, 0.5) is 0 Å². The molecule has 2 aromatic heterocycles. The van der Waals surface area contributed by atoms with Crippen molar-refractivity contribution in [1.82, 2.24) is 24.1 Å². The van der Waals surface area contributed by atoms with E-state index in [2.05, 4.69) is 33.3 Å². The van der Waals surface area contributed by atoms with Crippen molar-refractivity contribution in [3.63, 3.8) is 0 Å². The molecule has 2 aliphatic heterocycles. The second-order valence-corrected chi connectivity index (χ2v) is 9.13. The molecular formula is C17H23N5OS2. The molecule has 0 aliphatic carbocycles. The van der Waals surface area contributed by atoms with Crippen LogP contribution in [0.1, 0.15) is 15.4 Å². The van der Waals surface area contributed by atoms with Crippen molar-refractivity contribution < 1.29 is 4.79 Å². The van der Waals surface area contributed by atoms with Gasteiger partial charge in [0, 0.05) is 55.1 Å². The van der Waals surface area contributed by atoms with Gasteiger partial charge in [0.2, 0.25) is 0 Å². The van der Waals surface area contributed by atoms with E-state index < -0.39 is 0 Å². The molecule has 4 heterocycles. The van der Waals surface area contributed by atoms with E-state index in [-0.39, 0.29) is 11.3 Å². The molecule has 0 N–H and O–H groups in total. The summed E-state index contributed by atoms with van der Waals surface area (Å²) in [6.45, 7) is 5.68. The first-order chi connectivity index (χ1) is 12.1. The highest BCUT2D eigenvalue weighted by Crippen LogP contribution is 2.43. The van der Waals surface area contributed by atoms with Crippen LogP contribution in [-0.4, -0.2) is 76.8 Å². The molecule has 2 unspecified atom stereocenters. The predicted molar refractivity (Wildman–Crippen MR) is 99.9 cm³/mol. The van der Waals surface area contributed by atoms with Crippen molar-refractivity contribution in [2.45, 2.75) is 6.54 Å². The number of aromatic nitrogens is 2. The van der Waals surface area contributed by atoms with Crippen molar-refractivity contribution in [2.75, 3.05) is 46.8 Å². The lowest BCUT2D eigenvalue weighted by molar-refractivity contribution is 0.0748. The van der Waals surface area contributed by atoms with E-state index in [9.17, 15) is 4.79 Å². The smallest absolute Gasteiger partial charge is 0.256 e. The van der Waals surface area contributed by atoms with Gasteiger partial charge in [-0.1, -0.05) is 0 Å². The third-order valence-electron chi connectivity index (χ3n) is 5.27. The molecule has 6 nitrogen and oxygen atoms in total. The summed E-state index contributed by atoms with van der Waals surface area (Å²) in [6, 6.07) is 0. The summed E-state index contributed by atoms with van der Waals surface area (Å²) >= 11 is 3.06. The van der Waals surface area contributed by atoms with Gasteiger partial charge in [-0.15, -0.1) is 11.3 Å². The Morgan fingerprint density at radius 1 is 1.40 bits per heavy atom. The minimum atomic E-state index is 0.132. The van der Waals surface area contributed by atoms with E-state index in [1.54, 1.807) is 17.5 Å². The molecule has 0 saturated carbocycles. The maximum atomic E-state index is 12.8. The van der Waals surface area contributed by atoms with E-state index in [4.69, 9.17) is 0 Å². The SMILES string of the molecule is CN(C)CC12CN(Cc3nccs3)CC1CN(C(=O)c1cnsc1)C2. The highest BCUT2D eigenvalue weighted by Gasteiger charge is 2.53. The molecule has 0 radical (unpaired) electrons. The lowest BCUT2D eigenvalue weighted by Crippen LogP contribution is -2.42. The monoisotopic (exact) mass is 377 g/mol. The van der Waals surface area contributed by atoms with E-state index in [0.717, 1.165) is 44.8 Å². The number of hydrogen-bond donors (Lipinski definition) is 0. The number of likely N-dealkylation sites (tertiary alicyclic amines) is 2. The van der Waals surface area contributed by atoms with Crippen molar-refractivity contribution in [2.24, 2.45) is 11.3 Å². The molecule has 2 aliphatic rings.